The van der Waals surface area contributed by atoms with Gasteiger partial charge in [-0.2, -0.15) is 13.2 Å². The van der Waals surface area contributed by atoms with E-state index >= 15 is 0 Å². The molecule has 3 rings (SSSR count). The lowest BCUT2D eigenvalue weighted by molar-refractivity contribution is -0.136. The Morgan fingerprint density at radius 3 is 2.45 bits per heavy atom. The summed E-state index contributed by atoms with van der Waals surface area (Å²) in [5, 5.41) is 7.18. The lowest BCUT2D eigenvalue weighted by Gasteiger charge is -2.16. The first-order chi connectivity index (χ1) is 14.8. The summed E-state index contributed by atoms with van der Waals surface area (Å²) in [5.41, 5.74) is -1.16. The number of rotatable bonds is 9. The van der Waals surface area contributed by atoms with E-state index in [9.17, 15) is 22.8 Å². The fraction of sp³-hybridized carbons (Fsp3) is 0.364. The number of anilines is 2. The molecule has 9 heteroatoms. The Bertz CT molecular complexity index is 900. The lowest BCUT2D eigenvalue weighted by Crippen LogP contribution is -2.31. The highest BCUT2D eigenvalue weighted by molar-refractivity contribution is 6.04. The predicted octanol–water partition coefficient (Wildman–Crippen LogP) is 4.90. The van der Waals surface area contributed by atoms with Crippen LogP contribution in [-0.2, 0) is 10.9 Å². The zero-order valence-corrected chi connectivity index (χ0v) is 16.8. The maximum atomic E-state index is 13.5. The Morgan fingerprint density at radius 2 is 1.77 bits per heavy atom. The SMILES string of the molecule is O=C(NCCCOCC1CC1)Nc1ccc(NC(=O)c2ccccc2)cc1C(F)(F)F. The Labute approximate surface area is 178 Å². The van der Waals surface area contributed by atoms with Crippen LogP contribution < -0.4 is 16.0 Å². The van der Waals surface area contributed by atoms with E-state index in [1.807, 2.05) is 0 Å². The Kier molecular flexibility index (Phi) is 7.51. The third kappa shape index (κ3) is 7.29. The van der Waals surface area contributed by atoms with Gasteiger partial charge in [-0.1, -0.05) is 18.2 Å². The number of halogens is 3. The monoisotopic (exact) mass is 435 g/mol. The Balaban J connectivity index is 1.56. The topological polar surface area (TPSA) is 79.5 Å². The van der Waals surface area contributed by atoms with Crippen molar-refractivity contribution in [3.63, 3.8) is 0 Å². The van der Waals surface area contributed by atoms with Gasteiger partial charge < -0.3 is 20.7 Å². The highest BCUT2D eigenvalue weighted by atomic mass is 19.4. The molecule has 1 fully saturated rings. The minimum Gasteiger partial charge on any atom is -0.381 e. The average Bonchev–Trinajstić information content (AvgIpc) is 3.56. The van der Waals surface area contributed by atoms with Crippen molar-refractivity contribution in [3.05, 3.63) is 59.7 Å². The molecule has 1 saturated carbocycles. The second-order valence-corrected chi connectivity index (χ2v) is 7.33. The van der Waals surface area contributed by atoms with E-state index in [4.69, 9.17) is 4.74 Å². The highest BCUT2D eigenvalue weighted by Crippen LogP contribution is 2.36. The number of alkyl halides is 3. The first kappa shape index (κ1) is 22.6. The molecule has 0 heterocycles. The van der Waals surface area contributed by atoms with Crippen molar-refractivity contribution in [1.29, 1.82) is 0 Å². The molecule has 0 aromatic heterocycles. The number of hydrogen-bond acceptors (Lipinski definition) is 3. The lowest BCUT2D eigenvalue weighted by atomic mass is 10.1. The summed E-state index contributed by atoms with van der Waals surface area (Å²) in [4.78, 5) is 24.2. The number of urea groups is 1. The first-order valence-corrected chi connectivity index (χ1v) is 10.0. The van der Waals surface area contributed by atoms with E-state index in [1.165, 1.54) is 18.9 Å². The normalized spacial score (nSPS) is 13.5. The zero-order valence-electron chi connectivity index (χ0n) is 16.8. The molecular formula is C22H24F3N3O3. The summed E-state index contributed by atoms with van der Waals surface area (Å²) in [7, 11) is 0. The molecule has 0 aliphatic heterocycles. The van der Waals surface area contributed by atoms with E-state index in [0.717, 1.165) is 12.1 Å². The van der Waals surface area contributed by atoms with Crippen molar-refractivity contribution in [2.75, 3.05) is 30.4 Å². The van der Waals surface area contributed by atoms with Crippen LogP contribution in [0.25, 0.3) is 0 Å². The summed E-state index contributed by atoms with van der Waals surface area (Å²) in [6, 6.07) is 10.6. The molecule has 31 heavy (non-hydrogen) atoms. The third-order valence-electron chi connectivity index (χ3n) is 4.67. The molecule has 6 nitrogen and oxygen atoms in total. The van der Waals surface area contributed by atoms with Crippen LogP contribution >= 0.6 is 0 Å². The standard InChI is InChI=1S/C22H24F3N3O3/c23-22(24,25)18-13-17(27-20(29)16-5-2-1-3-6-16)9-10-19(18)28-21(30)26-11-4-12-31-14-15-7-8-15/h1-3,5-6,9-10,13,15H,4,7-8,11-12,14H2,(H,27,29)(H2,26,28,30). The summed E-state index contributed by atoms with van der Waals surface area (Å²) in [5.74, 6) is 0.119. The number of nitrogens with one attached hydrogen (secondary N) is 3. The summed E-state index contributed by atoms with van der Waals surface area (Å²) < 4.78 is 45.9. The molecule has 0 radical (unpaired) electrons. The van der Waals surface area contributed by atoms with E-state index in [0.29, 0.717) is 31.1 Å². The second-order valence-electron chi connectivity index (χ2n) is 7.33. The van der Waals surface area contributed by atoms with E-state index < -0.39 is 29.4 Å². The van der Waals surface area contributed by atoms with Crippen molar-refractivity contribution in [2.45, 2.75) is 25.4 Å². The van der Waals surface area contributed by atoms with Crippen molar-refractivity contribution >= 4 is 23.3 Å². The van der Waals surface area contributed by atoms with E-state index in [2.05, 4.69) is 16.0 Å². The third-order valence-corrected chi connectivity index (χ3v) is 4.67. The van der Waals surface area contributed by atoms with E-state index in [1.54, 1.807) is 30.3 Å². The first-order valence-electron chi connectivity index (χ1n) is 10.0. The number of hydrogen-bond donors (Lipinski definition) is 3. The number of ether oxygens (including phenoxy) is 1. The summed E-state index contributed by atoms with van der Waals surface area (Å²) in [6.45, 7) is 1.48. The van der Waals surface area contributed by atoms with Gasteiger partial charge in [0.25, 0.3) is 5.91 Å². The molecule has 3 N–H and O–H groups in total. The van der Waals surface area contributed by atoms with Gasteiger partial charge in [0.2, 0.25) is 0 Å². The minimum atomic E-state index is -4.72. The van der Waals surface area contributed by atoms with Crippen LogP contribution in [0, 0.1) is 5.92 Å². The van der Waals surface area contributed by atoms with Crippen LogP contribution in [0.4, 0.5) is 29.3 Å². The molecule has 1 aliphatic rings. The highest BCUT2D eigenvalue weighted by Gasteiger charge is 2.34. The average molecular weight is 435 g/mol. The molecule has 2 aromatic rings. The van der Waals surface area contributed by atoms with Gasteiger partial charge in [-0.25, -0.2) is 4.79 Å². The summed E-state index contributed by atoms with van der Waals surface area (Å²) in [6.07, 6.45) is -1.77. The number of amides is 3. The molecule has 166 valence electrons. The van der Waals surface area contributed by atoms with Gasteiger partial charge in [-0.15, -0.1) is 0 Å². The van der Waals surface area contributed by atoms with Gasteiger partial charge in [0.05, 0.1) is 11.3 Å². The van der Waals surface area contributed by atoms with Gasteiger partial charge in [0.1, 0.15) is 0 Å². The minimum absolute atomic E-state index is 0.0278. The largest absolute Gasteiger partial charge is 0.418 e. The second kappa shape index (κ2) is 10.3. The Morgan fingerprint density at radius 1 is 1.03 bits per heavy atom. The quantitative estimate of drug-likeness (QED) is 0.491. The van der Waals surface area contributed by atoms with Gasteiger partial charge in [-0.05, 0) is 55.5 Å². The molecular weight excluding hydrogens is 411 g/mol. The Hall–Kier alpha value is -3.07. The van der Waals surface area contributed by atoms with Gasteiger partial charge in [0.15, 0.2) is 0 Å². The van der Waals surface area contributed by atoms with Crippen molar-refractivity contribution in [3.8, 4) is 0 Å². The molecule has 0 unspecified atom stereocenters. The molecule has 3 amide bonds. The van der Waals surface area contributed by atoms with Crippen molar-refractivity contribution in [2.24, 2.45) is 5.92 Å². The number of carbonyl (C=O) groups is 2. The molecule has 0 spiro atoms. The van der Waals surface area contributed by atoms with Gasteiger partial charge in [0, 0.05) is 31.0 Å². The number of benzene rings is 2. The molecule has 0 atom stereocenters. The van der Waals surface area contributed by atoms with Crippen LogP contribution in [0.2, 0.25) is 0 Å². The van der Waals surface area contributed by atoms with E-state index in [-0.39, 0.29) is 12.2 Å². The smallest absolute Gasteiger partial charge is 0.381 e. The fourth-order valence-corrected chi connectivity index (χ4v) is 2.84. The van der Waals surface area contributed by atoms with Crippen LogP contribution in [0.5, 0.6) is 0 Å². The van der Waals surface area contributed by atoms with Crippen molar-refractivity contribution < 1.29 is 27.5 Å². The van der Waals surface area contributed by atoms with Crippen molar-refractivity contribution in [1.82, 2.24) is 5.32 Å². The van der Waals surface area contributed by atoms with Crippen LogP contribution in [0.15, 0.2) is 48.5 Å². The van der Waals surface area contributed by atoms with Crippen LogP contribution in [0.3, 0.4) is 0 Å². The number of carbonyl (C=O) groups excluding carboxylic acids is 2. The molecule has 1 aliphatic carbocycles. The summed E-state index contributed by atoms with van der Waals surface area (Å²) >= 11 is 0. The molecule has 0 bridgehead atoms. The van der Waals surface area contributed by atoms with Crippen LogP contribution in [-0.4, -0.2) is 31.7 Å². The molecule has 0 saturated heterocycles. The van der Waals surface area contributed by atoms with Gasteiger partial charge in [-0.3, -0.25) is 4.79 Å². The maximum Gasteiger partial charge on any atom is 0.418 e. The zero-order chi connectivity index (χ0) is 22.3. The fourth-order valence-electron chi connectivity index (χ4n) is 2.84. The van der Waals surface area contributed by atoms with Gasteiger partial charge >= 0.3 is 12.2 Å². The maximum absolute atomic E-state index is 13.5. The van der Waals surface area contributed by atoms with Crippen LogP contribution in [0.1, 0.15) is 35.2 Å². The predicted molar refractivity (Wildman–Crippen MR) is 111 cm³/mol. The molecule has 2 aromatic carbocycles.